The summed E-state index contributed by atoms with van der Waals surface area (Å²) in [6.45, 7) is 2.48. The molecule has 0 saturated carbocycles. The third-order valence-electron chi connectivity index (χ3n) is 4.98. The Labute approximate surface area is 141 Å². The van der Waals surface area contributed by atoms with Crippen molar-refractivity contribution in [1.29, 1.82) is 0 Å². The van der Waals surface area contributed by atoms with Crippen molar-refractivity contribution >= 4 is 5.91 Å². The van der Waals surface area contributed by atoms with Gasteiger partial charge in [-0.25, -0.2) is 0 Å². The number of aromatic nitrogens is 2. The van der Waals surface area contributed by atoms with Crippen molar-refractivity contribution in [3.8, 4) is 0 Å². The van der Waals surface area contributed by atoms with Crippen LogP contribution in [0.5, 0.6) is 0 Å². The van der Waals surface area contributed by atoms with E-state index in [1.54, 1.807) is 0 Å². The molecule has 0 aromatic carbocycles. The van der Waals surface area contributed by atoms with Crippen LogP contribution >= 0.6 is 0 Å². The average Bonchev–Trinajstić information content (AvgIpc) is 3.30. The van der Waals surface area contributed by atoms with E-state index in [4.69, 9.17) is 4.52 Å². The zero-order valence-corrected chi connectivity index (χ0v) is 13.7. The Balaban J connectivity index is 1.44. The van der Waals surface area contributed by atoms with Crippen LogP contribution in [0.15, 0.2) is 29.0 Å². The Morgan fingerprint density at radius 2 is 2.08 bits per heavy atom. The fourth-order valence-electron chi connectivity index (χ4n) is 3.58. The van der Waals surface area contributed by atoms with Crippen LogP contribution in [0, 0.1) is 0 Å². The molecule has 1 fully saturated rings. The van der Waals surface area contributed by atoms with Crippen LogP contribution in [0.3, 0.4) is 0 Å². The van der Waals surface area contributed by atoms with E-state index in [-0.39, 0.29) is 5.91 Å². The molecule has 1 aliphatic heterocycles. The van der Waals surface area contributed by atoms with Crippen LogP contribution in [0.1, 0.15) is 46.6 Å². The van der Waals surface area contributed by atoms with E-state index in [2.05, 4.69) is 15.5 Å². The van der Waals surface area contributed by atoms with Gasteiger partial charge in [0.15, 0.2) is 5.69 Å². The fourth-order valence-corrected chi connectivity index (χ4v) is 3.58. The van der Waals surface area contributed by atoms with Gasteiger partial charge in [-0.3, -0.25) is 9.78 Å². The highest BCUT2D eigenvalue weighted by Crippen LogP contribution is 2.26. The highest BCUT2D eigenvalue weighted by atomic mass is 16.5. The molecule has 24 heavy (non-hydrogen) atoms. The van der Waals surface area contributed by atoms with Gasteiger partial charge in [-0.15, -0.1) is 0 Å². The van der Waals surface area contributed by atoms with Crippen molar-refractivity contribution in [3.05, 3.63) is 47.1 Å². The predicted octanol–water partition coefficient (Wildman–Crippen LogP) is 1.95. The Kier molecular flexibility index (Phi) is 4.30. The standard InChI is InChI=1S/C18H22N4O2/c23-18(22-9-1-2-10-22)17-15-11-14(3-4-16(15)24-21-17)20-12-13-5-7-19-8-6-13/h5-8,14,20H,1-4,9-12H2. The van der Waals surface area contributed by atoms with E-state index in [0.29, 0.717) is 11.7 Å². The van der Waals surface area contributed by atoms with Gasteiger partial charge >= 0.3 is 0 Å². The fraction of sp³-hybridized carbons (Fsp3) is 0.500. The Morgan fingerprint density at radius 1 is 1.29 bits per heavy atom. The van der Waals surface area contributed by atoms with Gasteiger partial charge in [0.2, 0.25) is 0 Å². The molecule has 0 bridgehead atoms. The Hall–Kier alpha value is -2.21. The maximum atomic E-state index is 12.6. The molecular weight excluding hydrogens is 304 g/mol. The second kappa shape index (κ2) is 6.73. The zero-order chi connectivity index (χ0) is 16.4. The summed E-state index contributed by atoms with van der Waals surface area (Å²) in [5, 5.41) is 7.67. The monoisotopic (exact) mass is 326 g/mol. The third kappa shape index (κ3) is 3.06. The molecule has 0 radical (unpaired) electrons. The lowest BCUT2D eigenvalue weighted by molar-refractivity contribution is 0.0781. The first-order chi connectivity index (χ1) is 11.8. The number of likely N-dealkylation sites (tertiary alicyclic amines) is 1. The van der Waals surface area contributed by atoms with Gasteiger partial charge in [-0.05, 0) is 43.4 Å². The summed E-state index contributed by atoms with van der Waals surface area (Å²) >= 11 is 0. The number of nitrogens with zero attached hydrogens (tertiary/aromatic N) is 3. The molecule has 1 aliphatic carbocycles. The van der Waals surface area contributed by atoms with Crippen molar-refractivity contribution in [3.63, 3.8) is 0 Å². The van der Waals surface area contributed by atoms with Gasteiger partial charge in [0.1, 0.15) is 5.76 Å². The molecule has 1 unspecified atom stereocenters. The van der Waals surface area contributed by atoms with E-state index in [9.17, 15) is 4.79 Å². The number of aryl methyl sites for hydroxylation is 1. The molecule has 4 rings (SSSR count). The van der Waals surface area contributed by atoms with E-state index < -0.39 is 0 Å². The summed E-state index contributed by atoms with van der Waals surface area (Å²) < 4.78 is 5.45. The summed E-state index contributed by atoms with van der Waals surface area (Å²) in [5.41, 5.74) is 2.75. The number of hydrogen-bond donors (Lipinski definition) is 1. The molecule has 1 saturated heterocycles. The first kappa shape index (κ1) is 15.3. The van der Waals surface area contributed by atoms with Crippen molar-refractivity contribution in [2.75, 3.05) is 13.1 Å². The summed E-state index contributed by atoms with van der Waals surface area (Å²) in [6, 6.07) is 4.38. The van der Waals surface area contributed by atoms with E-state index in [1.165, 1.54) is 5.56 Å². The Morgan fingerprint density at radius 3 is 2.88 bits per heavy atom. The van der Waals surface area contributed by atoms with Crippen molar-refractivity contribution in [2.24, 2.45) is 0 Å². The van der Waals surface area contributed by atoms with Gasteiger partial charge < -0.3 is 14.7 Å². The molecule has 126 valence electrons. The lowest BCUT2D eigenvalue weighted by atomic mass is 9.91. The highest BCUT2D eigenvalue weighted by Gasteiger charge is 2.31. The Bertz CT molecular complexity index is 707. The smallest absolute Gasteiger partial charge is 0.276 e. The summed E-state index contributed by atoms with van der Waals surface area (Å²) in [7, 11) is 0. The third-order valence-corrected chi connectivity index (χ3v) is 4.98. The minimum atomic E-state index is 0.0345. The van der Waals surface area contributed by atoms with Crippen LogP contribution in [0.25, 0.3) is 0 Å². The molecule has 3 heterocycles. The zero-order valence-electron chi connectivity index (χ0n) is 13.7. The molecule has 1 atom stereocenters. The SMILES string of the molecule is O=C(c1noc2c1CC(NCc1ccncc1)CC2)N1CCCC1. The van der Waals surface area contributed by atoms with Crippen LogP contribution < -0.4 is 5.32 Å². The molecule has 2 aromatic rings. The molecular formula is C18H22N4O2. The number of nitrogens with one attached hydrogen (secondary N) is 1. The van der Waals surface area contributed by atoms with Crippen LogP contribution in [-0.2, 0) is 19.4 Å². The van der Waals surface area contributed by atoms with E-state index in [1.807, 2.05) is 29.4 Å². The molecule has 2 aliphatic rings. The molecule has 1 N–H and O–H groups in total. The second-order valence-corrected chi connectivity index (χ2v) is 6.61. The van der Waals surface area contributed by atoms with Crippen LogP contribution in [0.4, 0.5) is 0 Å². The average molecular weight is 326 g/mol. The first-order valence-electron chi connectivity index (χ1n) is 8.70. The molecule has 6 heteroatoms. The van der Waals surface area contributed by atoms with Gasteiger partial charge in [0, 0.05) is 50.1 Å². The van der Waals surface area contributed by atoms with Crippen molar-refractivity contribution in [2.45, 2.75) is 44.7 Å². The minimum Gasteiger partial charge on any atom is -0.360 e. The van der Waals surface area contributed by atoms with Crippen molar-refractivity contribution < 1.29 is 9.32 Å². The van der Waals surface area contributed by atoms with Gasteiger partial charge in [-0.1, -0.05) is 5.16 Å². The van der Waals surface area contributed by atoms with Gasteiger partial charge in [-0.2, -0.15) is 0 Å². The normalized spacial score (nSPS) is 20.2. The molecule has 6 nitrogen and oxygen atoms in total. The summed E-state index contributed by atoms with van der Waals surface area (Å²) in [4.78, 5) is 18.6. The molecule has 0 spiro atoms. The largest absolute Gasteiger partial charge is 0.360 e. The first-order valence-corrected chi connectivity index (χ1v) is 8.70. The van der Waals surface area contributed by atoms with Crippen molar-refractivity contribution in [1.82, 2.24) is 20.4 Å². The lowest BCUT2D eigenvalue weighted by Gasteiger charge is -2.23. The topological polar surface area (TPSA) is 71.3 Å². The lowest BCUT2D eigenvalue weighted by Crippen LogP contribution is -2.35. The van der Waals surface area contributed by atoms with Crippen LogP contribution in [-0.4, -0.2) is 40.1 Å². The van der Waals surface area contributed by atoms with Crippen LogP contribution in [0.2, 0.25) is 0 Å². The number of rotatable bonds is 4. The maximum absolute atomic E-state index is 12.6. The number of fused-ring (bicyclic) bond motifs is 1. The number of amides is 1. The van der Waals surface area contributed by atoms with Gasteiger partial charge in [0.25, 0.3) is 5.91 Å². The predicted molar refractivity (Wildman–Crippen MR) is 88.5 cm³/mol. The number of carbonyl (C=O) groups excluding carboxylic acids is 1. The summed E-state index contributed by atoms with van der Waals surface area (Å²) in [5.74, 6) is 0.923. The number of pyridine rings is 1. The number of carbonyl (C=O) groups is 1. The van der Waals surface area contributed by atoms with Gasteiger partial charge in [0.05, 0.1) is 0 Å². The molecule has 2 aromatic heterocycles. The van der Waals surface area contributed by atoms with E-state index >= 15 is 0 Å². The second-order valence-electron chi connectivity index (χ2n) is 6.61. The summed E-state index contributed by atoms with van der Waals surface area (Å²) in [6.07, 6.45) is 8.43. The maximum Gasteiger partial charge on any atom is 0.276 e. The molecule has 1 amide bonds. The minimum absolute atomic E-state index is 0.0345. The number of hydrogen-bond acceptors (Lipinski definition) is 5. The van der Waals surface area contributed by atoms with E-state index in [0.717, 1.165) is 63.1 Å². The highest BCUT2D eigenvalue weighted by molar-refractivity contribution is 5.94. The quantitative estimate of drug-likeness (QED) is 0.930.